The molecule has 0 saturated carbocycles. The molecule has 0 aliphatic heterocycles. The molecule has 6 nitrogen and oxygen atoms in total. The lowest BCUT2D eigenvalue weighted by molar-refractivity contribution is -0.167. The van der Waals surface area contributed by atoms with Crippen LogP contribution in [0.2, 0.25) is 0 Å². The predicted molar refractivity (Wildman–Crippen MR) is 289 cm³/mol. The Bertz CT molecular complexity index is 1130. The van der Waals surface area contributed by atoms with Gasteiger partial charge >= 0.3 is 17.9 Å². The highest BCUT2D eigenvalue weighted by molar-refractivity contribution is 5.71. The molecule has 0 fully saturated rings. The predicted octanol–water partition coefficient (Wildman–Crippen LogP) is 19.7. The van der Waals surface area contributed by atoms with Crippen LogP contribution in [-0.2, 0) is 28.6 Å². The van der Waals surface area contributed by atoms with Crippen LogP contribution in [0.5, 0.6) is 0 Å². The first-order valence-electron chi connectivity index (χ1n) is 29.5. The van der Waals surface area contributed by atoms with Gasteiger partial charge in [-0.25, -0.2) is 0 Å². The van der Waals surface area contributed by atoms with Gasteiger partial charge in [-0.05, 0) is 77.0 Å². The van der Waals surface area contributed by atoms with Gasteiger partial charge in [0.15, 0.2) is 6.10 Å². The van der Waals surface area contributed by atoms with Gasteiger partial charge in [0.1, 0.15) is 13.2 Å². The summed E-state index contributed by atoms with van der Waals surface area (Å²) in [5.41, 5.74) is 0. The Morgan fingerprint density at radius 2 is 0.537 bits per heavy atom. The fourth-order valence-electron chi connectivity index (χ4n) is 8.65. The third-order valence-corrected chi connectivity index (χ3v) is 13.1. The number of allylic oxidation sites excluding steroid dienone is 6. The molecule has 0 rings (SSSR count). The summed E-state index contributed by atoms with van der Waals surface area (Å²) < 4.78 is 16.9. The Morgan fingerprint density at radius 1 is 0.299 bits per heavy atom. The van der Waals surface area contributed by atoms with Crippen molar-refractivity contribution in [3.8, 4) is 0 Å². The van der Waals surface area contributed by atoms with E-state index in [4.69, 9.17) is 14.2 Å². The number of rotatable bonds is 54. The van der Waals surface area contributed by atoms with Gasteiger partial charge in [0.05, 0.1) is 0 Å². The topological polar surface area (TPSA) is 78.9 Å². The molecule has 0 bridgehead atoms. The Morgan fingerprint density at radius 3 is 0.851 bits per heavy atom. The summed E-state index contributed by atoms with van der Waals surface area (Å²) in [6, 6.07) is 0. The van der Waals surface area contributed by atoms with Crippen LogP contribution in [-0.4, -0.2) is 37.2 Å². The van der Waals surface area contributed by atoms with E-state index >= 15 is 0 Å². The summed E-state index contributed by atoms with van der Waals surface area (Å²) in [4.78, 5) is 38.1. The molecule has 392 valence electrons. The summed E-state index contributed by atoms with van der Waals surface area (Å²) >= 11 is 0. The highest BCUT2D eigenvalue weighted by Gasteiger charge is 2.19. The molecule has 67 heavy (non-hydrogen) atoms. The molecule has 6 heteroatoms. The van der Waals surface area contributed by atoms with E-state index in [2.05, 4.69) is 57.2 Å². The van der Waals surface area contributed by atoms with E-state index in [0.717, 1.165) is 70.6 Å². The van der Waals surface area contributed by atoms with Gasteiger partial charge in [0.2, 0.25) is 0 Å². The van der Waals surface area contributed by atoms with Crippen molar-refractivity contribution in [2.45, 2.75) is 322 Å². The molecular formula is C61H112O6. The maximum Gasteiger partial charge on any atom is 0.306 e. The minimum Gasteiger partial charge on any atom is -0.462 e. The van der Waals surface area contributed by atoms with Crippen molar-refractivity contribution in [2.75, 3.05) is 13.2 Å². The molecule has 0 aliphatic rings. The Kier molecular flexibility index (Phi) is 54.2. The van der Waals surface area contributed by atoms with E-state index in [1.807, 2.05) is 0 Å². The van der Waals surface area contributed by atoms with E-state index in [9.17, 15) is 14.4 Å². The van der Waals surface area contributed by atoms with E-state index in [1.165, 1.54) is 205 Å². The van der Waals surface area contributed by atoms with Crippen LogP contribution >= 0.6 is 0 Å². The molecule has 0 amide bonds. The zero-order chi connectivity index (χ0) is 48.6. The molecule has 0 aromatic heterocycles. The van der Waals surface area contributed by atoms with Crippen molar-refractivity contribution in [1.82, 2.24) is 0 Å². The average molecular weight is 942 g/mol. The van der Waals surface area contributed by atoms with Gasteiger partial charge in [0.25, 0.3) is 0 Å². The van der Waals surface area contributed by atoms with Crippen LogP contribution in [0.1, 0.15) is 316 Å². The van der Waals surface area contributed by atoms with Crippen LogP contribution in [0.4, 0.5) is 0 Å². The monoisotopic (exact) mass is 941 g/mol. The smallest absolute Gasteiger partial charge is 0.306 e. The van der Waals surface area contributed by atoms with Gasteiger partial charge in [-0.15, -0.1) is 0 Å². The number of esters is 3. The summed E-state index contributed by atoms with van der Waals surface area (Å²) in [5, 5.41) is 0. The third kappa shape index (κ3) is 54.4. The molecule has 0 N–H and O–H groups in total. The fraction of sp³-hybridized carbons (Fsp3) is 0.852. The number of unbranched alkanes of at least 4 members (excludes halogenated alkanes) is 37. The van der Waals surface area contributed by atoms with Gasteiger partial charge in [0, 0.05) is 19.3 Å². The van der Waals surface area contributed by atoms with Crippen LogP contribution in [0.25, 0.3) is 0 Å². The van der Waals surface area contributed by atoms with Crippen molar-refractivity contribution in [3.63, 3.8) is 0 Å². The van der Waals surface area contributed by atoms with Gasteiger partial charge in [-0.3, -0.25) is 14.4 Å². The van der Waals surface area contributed by atoms with Crippen molar-refractivity contribution in [2.24, 2.45) is 0 Å². The van der Waals surface area contributed by atoms with Crippen molar-refractivity contribution in [3.05, 3.63) is 36.5 Å². The first kappa shape index (κ1) is 64.6. The Labute approximate surface area is 416 Å². The summed E-state index contributed by atoms with van der Waals surface area (Å²) in [5.74, 6) is -0.867. The third-order valence-electron chi connectivity index (χ3n) is 13.1. The largest absolute Gasteiger partial charge is 0.462 e. The normalized spacial score (nSPS) is 12.2. The molecule has 0 saturated heterocycles. The van der Waals surface area contributed by atoms with Crippen molar-refractivity contribution < 1.29 is 28.6 Å². The molecule has 0 radical (unpaired) electrons. The maximum atomic E-state index is 12.8. The molecule has 1 atom stereocenters. The summed E-state index contributed by atoms with van der Waals surface area (Å²) in [7, 11) is 0. The molecule has 0 aliphatic carbocycles. The molecule has 0 heterocycles. The second kappa shape index (κ2) is 56.2. The molecular weight excluding hydrogens is 829 g/mol. The molecule has 0 aromatic carbocycles. The first-order valence-corrected chi connectivity index (χ1v) is 29.5. The Hall–Kier alpha value is -2.37. The second-order valence-electron chi connectivity index (χ2n) is 19.9. The average Bonchev–Trinajstić information content (AvgIpc) is 3.33. The number of carbonyl (C=O) groups excluding carboxylic acids is 3. The van der Waals surface area contributed by atoms with Gasteiger partial charge < -0.3 is 14.2 Å². The SMILES string of the molecule is CCCCCC/C=C\CCCCCCCC(=O)OC(COC(=O)CCCCCCCCCCCCC/C=C\C/C=C\CCCCCCC)COC(=O)CCCCCCCCCCCCCCC. The van der Waals surface area contributed by atoms with E-state index in [0.29, 0.717) is 19.3 Å². The summed E-state index contributed by atoms with van der Waals surface area (Å²) in [6.45, 7) is 6.64. The van der Waals surface area contributed by atoms with Crippen molar-refractivity contribution in [1.29, 1.82) is 0 Å². The van der Waals surface area contributed by atoms with E-state index < -0.39 is 6.10 Å². The van der Waals surface area contributed by atoms with Crippen LogP contribution in [0, 0.1) is 0 Å². The van der Waals surface area contributed by atoms with Gasteiger partial charge in [-0.2, -0.15) is 0 Å². The lowest BCUT2D eigenvalue weighted by Crippen LogP contribution is -2.30. The molecule has 0 aromatic rings. The zero-order valence-corrected chi connectivity index (χ0v) is 44.9. The molecule has 1 unspecified atom stereocenters. The first-order chi connectivity index (χ1) is 33.0. The standard InChI is InChI=1S/C61H112O6/c1-4-7-10-13-16-19-22-25-26-27-28-29-30-31-32-33-34-37-39-42-45-48-51-54-60(63)66-57-58(67-61(64)55-52-49-46-43-40-36-24-21-18-15-12-9-6-3)56-65-59(62)53-50-47-44-41-38-35-23-20-17-14-11-8-5-2/h21-22,24-25,27-28,58H,4-20,23,26,29-57H2,1-3H3/b24-21-,25-22-,28-27-. The fourth-order valence-corrected chi connectivity index (χ4v) is 8.65. The Balaban J connectivity index is 4.26. The lowest BCUT2D eigenvalue weighted by atomic mass is 10.0. The highest BCUT2D eigenvalue weighted by atomic mass is 16.6. The molecule has 0 spiro atoms. The van der Waals surface area contributed by atoms with Crippen LogP contribution < -0.4 is 0 Å². The summed E-state index contributed by atoms with van der Waals surface area (Å²) in [6.07, 6.45) is 67.1. The van der Waals surface area contributed by atoms with Gasteiger partial charge in [-0.1, -0.05) is 256 Å². The van der Waals surface area contributed by atoms with E-state index in [1.54, 1.807) is 0 Å². The van der Waals surface area contributed by atoms with Crippen LogP contribution in [0.3, 0.4) is 0 Å². The number of ether oxygens (including phenoxy) is 3. The maximum absolute atomic E-state index is 12.8. The van der Waals surface area contributed by atoms with Crippen molar-refractivity contribution >= 4 is 17.9 Å². The number of carbonyl (C=O) groups is 3. The van der Waals surface area contributed by atoms with Crippen LogP contribution in [0.15, 0.2) is 36.5 Å². The second-order valence-corrected chi connectivity index (χ2v) is 19.9. The zero-order valence-electron chi connectivity index (χ0n) is 44.9. The lowest BCUT2D eigenvalue weighted by Gasteiger charge is -2.18. The number of hydrogen-bond acceptors (Lipinski definition) is 6. The number of hydrogen-bond donors (Lipinski definition) is 0. The quantitative estimate of drug-likeness (QED) is 0.0262. The minimum atomic E-state index is -0.773. The van der Waals surface area contributed by atoms with E-state index in [-0.39, 0.29) is 31.1 Å². The highest BCUT2D eigenvalue weighted by Crippen LogP contribution is 2.16. The minimum absolute atomic E-state index is 0.0722.